The number of nitrogens with one attached hydrogen (secondary N) is 1. The van der Waals surface area contributed by atoms with Gasteiger partial charge in [0.2, 0.25) is 0 Å². The first-order chi connectivity index (χ1) is 4.25. The lowest BCUT2D eigenvalue weighted by Crippen LogP contribution is -2.22. The van der Waals surface area contributed by atoms with Gasteiger partial charge in [-0.3, -0.25) is 0 Å². The molecule has 0 unspecified atom stereocenters. The van der Waals surface area contributed by atoms with Gasteiger partial charge in [0.15, 0.2) is 0 Å². The van der Waals surface area contributed by atoms with Crippen LogP contribution >= 0.6 is 0 Å². The van der Waals surface area contributed by atoms with Crippen molar-refractivity contribution < 1.29 is 0 Å². The molecule has 9 heavy (non-hydrogen) atoms. The Labute approximate surface area is 57.8 Å². The summed E-state index contributed by atoms with van der Waals surface area (Å²) in [4.78, 5) is 0. The summed E-state index contributed by atoms with van der Waals surface area (Å²) in [5.74, 6) is 1.81. The molecule has 1 N–H and O–H groups in total. The molecule has 1 aliphatic heterocycles. The van der Waals surface area contributed by atoms with Crippen LogP contribution < -0.4 is 5.32 Å². The van der Waals surface area contributed by atoms with Gasteiger partial charge in [-0.1, -0.05) is 20.3 Å². The number of hydrogen-bond donors (Lipinski definition) is 1. The van der Waals surface area contributed by atoms with E-state index in [-0.39, 0.29) is 0 Å². The molecule has 0 aromatic rings. The first-order valence-electron chi connectivity index (χ1n) is 3.99. The molecular weight excluding hydrogens is 110 g/mol. The Morgan fingerprint density at radius 2 is 2.11 bits per heavy atom. The van der Waals surface area contributed by atoms with Crippen molar-refractivity contribution in [3.05, 3.63) is 0 Å². The summed E-state index contributed by atoms with van der Waals surface area (Å²) in [6.45, 7) is 8.13. The van der Waals surface area contributed by atoms with Gasteiger partial charge in [0.05, 0.1) is 0 Å². The van der Waals surface area contributed by atoms with Crippen molar-refractivity contribution in [2.75, 3.05) is 6.54 Å². The van der Waals surface area contributed by atoms with Crippen LogP contribution in [0.4, 0.5) is 0 Å². The van der Waals surface area contributed by atoms with Crippen molar-refractivity contribution in [2.24, 2.45) is 11.8 Å². The van der Waals surface area contributed by atoms with Gasteiger partial charge in [-0.05, 0) is 25.3 Å². The van der Waals surface area contributed by atoms with E-state index < -0.39 is 0 Å². The average molecular weight is 127 g/mol. The fourth-order valence-electron chi connectivity index (χ4n) is 1.92. The molecule has 3 atom stereocenters. The van der Waals surface area contributed by atoms with E-state index in [0.29, 0.717) is 0 Å². The van der Waals surface area contributed by atoms with Crippen LogP contribution in [0.1, 0.15) is 27.2 Å². The van der Waals surface area contributed by atoms with Gasteiger partial charge in [-0.25, -0.2) is 0 Å². The summed E-state index contributed by atoms with van der Waals surface area (Å²) in [6.07, 6.45) is 1.33. The van der Waals surface area contributed by atoms with E-state index in [9.17, 15) is 0 Å². The lowest BCUT2D eigenvalue weighted by molar-refractivity contribution is 0.386. The molecule has 0 aliphatic carbocycles. The van der Waals surface area contributed by atoms with Crippen LogP contribution in [0.2, 0.25) is 0 Å². The Morgan fingerprint density at radius 1 is 1.44 bits per heavy atom. The second kappa shape index (κ2) is 2.70. The van der Waals surface area contributed by atoms with Crippen LogP contribution in [0.25, 0.3) is 0 Å². The standard InChI is InChI=1S/C8H17N/c1-4-8-6(2)5-9-7(8)3/h6-9H,4-5H2,1-3H3/t6-,7-,8+/m1/s1. The molecule has 54 valence electrons. The largest absolute Gasteiger partial charge is 0.314 e. The molecule has 1 saturated heterocycles. The molecule has 1 aliphatic rings. The molecule has 1 heterocycles. The normalized spacial score (nSPS) is 43.7. The van der Waals surface area contributed by atoms with Crippen LogP contribution in [0.5, 0.6) is 0 Å². The smallest absolute Gasteiger partial charge is 0.00700 e. The summed E-state index contributed by atoms with van der Waals surface area (Å²) in [5.41, 5.74) is 0. The molecule has 0 saturated carbocycles. The second-order valence-electron chi connectivity index (χ2n) is 3.25. The van der Waals surface area contributed by atoms with E-state index in [2.05, 4.69) is 26.1 Å². The minimum atomic E-state index is 0.755. The SMILES string of the molecule is CC[C@H]1[C@H](C)CN[C@@H]1C. The maximum atomic E-state index is 3.47. The van der Waals surface area contributed by atoms with Gasteiger partial charge >= 0.3 is 0 Å². The Balaban J connectivity index is 2.44. The third kappa shape index (κ3) is 1.26. The maximum absolute atomic E-state index is 3.47. The number of hydrogen-bond acceptors (Lipinski definition) is 1. The predicted octanol–water partition coefficient (Wildman–Crippen LogP) is 1.64. The minimum absolute atomic E-state index is 0.755. The van der Waals surface area contributed by atoms with Crippen LogP contribution in [0.15, 0.2) is 0 Å². The molecule has 0 radical (unpaired) electrons. The van der Waals surface area contributed by atoms with Crippen LogP contribution in [-0.2, 0) is 0 Å². The average Bonchev–Trinajstić information content (AvgIpc) is 2.12. The van der Waals surface area contributed by atoms with Crippen molar-refractivity contribution in [3.63, 3.8) is 0 Å². The predicted molar refractivity (Wildman–Crippen MR) is 40.4 cm³/mol. The molecule has 1 fully saturated rings. The molecule has 1 nitrogen and oxygen atoms in total. The lowest BCUT2D eigenvalue weighted by atomic mass is 9.91. The maximum Gasteiger partial charge on any atom is 0.00700 e. The highest BCUT2D eigenvalue weighted by molar-refractivity contribution is 4.83. The molecule has 1 rings (SSSR count). The highest BCUT2D eigenvalue weighted by Gasteiger charge is 2.27. The first kappa shape index (κ1) is 7.07. The van der Waals surface area contributed by atoms with Gasteiger partial charge in [0, 0.05) is 6.04 Å². The molecule has 0 aromatic carbocycles. The summed E-state index contributed by atoms with van der Waals surface area (Å²) in [7, 11) is 0. The van der Waals surface area contributed by atoms with E-state index in [0.717, 1.165) is 17.9 Å². The third-order valence-corrected chi connectivity index (χ3v) is 2.61. The van der Waals surface area contributed by atoms with E-state index >= 15 is 0 Å². The summed E-state index contributed by atoms with van der Waals surface area (Å²) in [6, 6.07) is 0.755. The zero-order valence-electron chi connectivity index (χ0n) is 6.65. The first-order valence-corrected chi connectivity index (χ1v) is 3.99. The Kier molecular flexibility index (Phi) is 2.12. The fraction of sp³-hybridized carbons (Fsp3) is 1.00. The highest BCUT2D eigenvalue weighted by Crippen LogP contribution is 2.24. The van der Waals surface area contributed by atoms with Crippen LogP contribution in [0.3, 0.4) is 0 Å². The molecule has 0 spiro atoms. The quantitative estimate of drug-likeness (QED) is 0.564. The van der Waals surface area contributed by atoms with E-state index in [1.807, 2.05) is 0 Å². The molecule has 0 amide bonds. The van der Waals surface area contributed by atoms with Gasteiger partial charge < -0.3 is 5.32 Å². The summed E-state index contributed by atoms with van der Waals surface area (Å²) >= 11 is 0. The van der Waals surface area contributed by atoms with Crippen molar-refractivity contribution in [3.8, 4) is 0 Å². The van der Waals surface area contributed by atoms with E-state index in [4.69, 9.17) is 0 Å². The van der Waals surface area contributed by atoms with Crippen molar-refractivity contribution in [2.45, 2.75) is 33.2 Å². The van der Waals surface area contributed by atoms with Gasteiger partial charge in [-0.2, -0.15) is 0 Å². The molecule has 0 aromatic heterocycles. The number of rotatable bonds is 1. The highest BCUT2D eigenvalue weighted by atomic mass is 15.0. The summed E-state index contributed by atoms with van der Waals surface area (Å²) < 4.78 is 0. The molecule has 1 heteroatoms. The minimum Gasteiger partial charge on any atom is -0.314 e. The Hall–Kier alpha value is -0.0400. The van der Waals surface area contributed by atoms with Crippen molar-refractivity contribution in [1.29, 1.82) is 0 Å². The van der Waals surface area contributed by atoms with Crippen LogP contribution in [0, 0.1) is 11.8 Å². The second-order valence-corrected chi connectivity index (χ2v) is 3.25. The Morgan fingerprint density at radius 3 is 2.33 bits per heavy atom. The molecular formula is C8H17N. The Bertz CT molecular complexity index is 80.6. The fourth-order valence-corrected chi connectivity index (χ4v) is 1.92. The van der Waals surface area contributed by atoms with Gasteiger partial charge in [0.1, 0.15) is 0 Å². The zero-order chi connectivity index (χ0) is 6.85. The summed E-state index contributed by atoms with van der Waals surface area (Å²) in [5, 5.41) is 3.47. The topological polar surface area (TPSA) is 12.0 Å². The monoisotopic (exact) mass is 127 g/mol. The van der Waals surface area contributed by atoms with Gasteiger partial charge in [0.25, 0.3) is 0 Å². The van der Waals surface area contributed by atoms with Gasteiger partial charge in [-0.15, -0.1) is 0 Å². The van der Waals surface area contributed by atoms with Crippen molar-refractivity contribution >= 4 is 0 Å². The zero-order valence-corrected chi connectivity index (χ0v) is 6.65. The third-order valence-electron chi connectivity index (χ3n) is 2.61. The van der Waals surface area contributed by atoms with Crippen LogP contribution in [-0.4, -0.2) is 12.6 Å². The molecule has 0 bridgehead atoms. The lowest BCUT2D eigenvalue weighted by Gasteiger charge is -2.15. The van der Waals surface area contributed by atoms with E-state index in [1.54, 1.807) is 0 Å². The van der Waals surface area contributed by atoms with Crippen molar-refractivity contribution in [1.82, 2.24) is 5.32 Å². The van der Waals surface area contributed by atoms with E-state index in [1.165, 1.54) is 13.0 Å².